The number of fused-ring (bicyclic) bond motifs is 3. The van der Waals surface area contributed by atoms with Crippen molar-refractivity contribution in [2.75, 3.05) is 13.7 Å². The molecule has 2 N–H and O–H groups in total. The van der Waals surface area contributed by atoms with E-state index in [4.69, 9.17) is 4.74 Å². The van der Waals surface area contributed by atoms with Gasteiger partial charge in [0.1, 0.15) is 18.2 Å². The highest BCUT2D eigenvalue weighted by Crippen LogP contribution is 2.45. The molecule has 0 spiro atoms. The lowest BCUT2D eigenvalue weighted by Gasteiger charge is -2.29. The number of carbonyl (C=O) groups excluding carboxylic acids is 2. The Bertz CT molecular complexity index is 1240. The number of likely N-dealkylation sites (N-methyl/N-ethyl adjacent to an activating group) is 1. The smallest absolute Gasteiger partial charge is 0.408 e. The highest BCUT2D eigenvalue weighted by atomic mass is 16.5. The summed E-state index contributed by atoms with van der Waals surface area (Å²) in [4.78, 5) is 39.3. The number of rotatable bonds is 7. The molecule has 5 rings (SSSR count). The lowest BCUT2D eigenvalue weighted by atomic mass is 9.98. The third-order valence-electron chi connectivity index (χ3n) is 7.08. The number of ether oxygens (including phenoxy) is 1. The predicted octanol–water partition coefficient (Wildman–Crippen LogP) is 4.34. The number of carboxylic acids is 1. The first-order valence-corrected chi connectivity index (χ1v) is 11.6. The van der Waals surface area contributed by atoms with Gasteiger partial charge in [0.05, 0.1) is 0 Å². The molecule has 1 saturated carbocycles. The Morgan fingerprint density at radius 2 is 1.49 bits per heavy atom. The lowest BCUT2D eigenvalue weighted by molar-refractivity contribution is -0.151. The number of amides is 2. The molecule has 0 heterocycles. The normalized spacial score (nSPS) is 15.9. The molecule has 0 unspecified atom stereocenters. The van der Waals surface area contributed by atoms with Gasteiger partial charge in [-0.25, -0.2) is 9.59 Å². The SMILES string of the molecule is CN(C(=O)[C@@H](NC(=O)OCC1c2ccccc2-c2ccccc21)c1ccccc1)C1(C(=O)O)CC1. The minimum absolute atomic E-state index is 0.108. The van der Waals surface area contributed by atoms with Crippen LogP contribution in [0.25, 0.3) is 11.1 Å². The number of hydrogen-bond donors (Lipinski definition) is 2. The van der Waals surface area contributed by atoms with Gasteiger partial charge in [0.15, 0.2) is 0 Å². The highest BCUT2D eigenvalue weighted by Gasteiger charge is 2.56. The van der Waals surface area contributed by atoms with Gasteiger partial charge in [0, 0.05) is 13.0 Å². The van der Waals surface area contributed by atoms with E-state index < -0.39 is 29.6 Å². The number of nitrogens with zero attached hydrogens (tertiary/aromatic N) is 1. The molecule has 0 saturated heterocycles. The zero-order valence-electron chi connectivity index (χ0n) is 19.3. The molecule has 2 aliphatic rings. The van der Waals surface area contributed by atoms with Crippen molar-refractivity contribution in [3.05, 3.63) is 95.6 Å². The quantitative estimate of drug-likeness (QED) is 0.536. The number of aliphatic carboxylic acids is 1. The van der Waals surface area contributed by atoms with Crippen LogP contribution in [-0.4, -0.2) is 47.2 Å². The molecule has 1 atom stereocenters. The van der Waals surface area contributed by atoms with E-state index in [9.17, 15) is 19.5 Å². The van der Waals surface area contributed by atoms with Gasteiger partial charge in [0.2, 0.25) is 0 Å². The molecule has 7 heteroatoms. The summed E-state index contributed by atoms with van der Waals surface area (Å²) in [6, 6.07) is 23.8. The van der Waals surface area contributed by atoms with Crippen LogP contribution in [-0.2, 0) is 14.3 Å². The maximum atomic E-state index is 13.4. The van der Waals surface area contributed by atoms with Crippen LogP contribution in [0.1, 0.15) is 41.5 Å². The van der Waals surface area contributed by atoms with Crippen molar-refractivity contribution >= 4 is 18.0 Å². The van der Waals surface area contributed by atoms with Gasteiger partial charge < -0.3 is 20.1 Å². The molecular weight excluding hydrogens is 444 g/mol. The Labute approximate surface area is 203 Å². The first-order valence-electron chi connectivity index (χ1n) is 11.6. The molecule has 35 heavy (non-hydrogen) atoms. The molecule has 0 bridgehead atoms. The molecule has 0 aliphatic heterocycles. The van der Waals surface area contributed by atoms with Crippen LogP contribution in [0.2, 0.25) is 0 Å². The van der Waals surface area contributed by atoms with Crippen molar-refractivity contribution in [3.63, 3.8) is 0 Å². The third-order valence-corrected chi connectivity index (χ3v) is 7.08. The fourth-order valence-electron chi connectivity index (χ4n) is 4.91. The summed E-state index contributed by atoms with van der Waals surface area (Å²) in [6.45, 7) is 0.116. The average Bonchev–Trinajstić information content (AvgIpc) is 3.64. The van der Waals surface area contributed by atoms with E-state index in [2.05, 4.69) is 17.4 Å². The summed E-state index contributed by atoms with van der Waals surface area (Å²) in [5.74, 6) is -1.64. The first-order chi connectivity index (χ1) is 16.9. The van der Waals surface area contributed by atoms with E-state index >= 15 is 0 Å². The van der Waals surface area contributed by atoms with E-state index in [-0.39, 0.29) is 12.5 Å². The average molecular weight is 471 g/mol. The molecule has 1 fully saturated rings. The second-order valence-corrected chi connectivity index (χ2v) is 9.05. The molecule has 2 amide bonds. The number of carboxylic acid groups (broad SMARTS) is 1. The fraction of sp³-hybridized carbons (Fsp3) is 0.250. The Balaban J connectivity index is 1.33. The van der Waals surface area contributed by atoms with Gasteiger partial charge in [-0.05, 0) is 40.7 Å². The molecule has 7 nitrogen and oxygen atoms in total. The van der Waals surface area contributed by atoms with Gasteiger partial charge in [-0.1, -0.05) is 78.9 Å². The highest BCUT2D eigenvalue weighted by molar-refractivity contribution is 5.93. The number of alkyl carbamates (subject to hydrolysis) is 1. The molecule has 178 valence electrons. The topological polar surface area (TPSA) is 95.9 Å². The monoisotopic (exact) mass is 470 g/mol. The Morgan fingerprint density at radius 1 is 0.943 bits per heavy atom. The number of hydrogen-bond acceptors (Lipinski definition) is 4. The second-order valence-electron chi connectivity index (χ2n) is 9.05. The molecule has 0 radical (unpaired) electrons. The van der Waals surface area contributed by atoms with E-state index in [0.29, 0.717) is 18.4 Å². The van der Waals surface area contributed by atoms with Crippen LogP contribution in [0.4, 0.5) is 4.79 Å². The van der Waals surface area contributed by atoms with Crippen LogP contribution in [0, 0.1) is 0 Å². The van der Waals surface area contributed by atoms with Crippen molar-refractivity contribution < 1.29 is 24.2 Å². The van der Waals surface area contributed by atoms with Crippen LogP contribution < -0.4 is 5.32 Å². The third kappa shape index (κ3) is 4.03. The van der Waals surface area contributed by atoms with Gasteiger partial charge in [0.25, 0.3) is 5.91 Å². The number of nitrogens with one attached hydrogen (secondary N) is 1. The van der Waals surface area contributed by atoms with Crippen LogP contribution >= 0.6 is 0 Å². The summed E-state index contributed by atoms with van der Waals surface area (Å²) in [7, 11) is 1.47. The zero-order valence-corrected chi connectivity index (χ0v) is 19.3. The molecule has 0 aromatic heterocycles. The standard InChI is InChI=1S/C28H26N2O5/c1-30(28(15-16-28)26(32)33)25(31)24(18-9-3-2-4-10-18)29-27(34)35-17-23-21-13-7-5-11-19(21)20-12-6-8-14-22(20)23/h2-14,23-24H,15-17H2,1H3,(H,29,34)(H,32,33)/t24-/m0/s1. The summed E-state index contributed by atoms with van der Waals surface area (Å²) in [5, 5.41) is 12.3. The fourth-order valence-corrected chi connectivity index (χ4v) is 4.91. The van der Waals surface area contributed by atoms with Crippen LogP contribution in [0.3, 0.4) is 0 Å². The molecule has 3 aromatic carbocycles. The minimum atomic E-state index is -1.22. The Kier molecular flexibility index (Phi) is 5.76. The van der Waals surface area contributed by atoms with Gasteiger partial charge in [-0.15, -0.1) is 0 Å². The summed E-state index contributed by atoms with van der Waals surface area (Å²) in [5.41, 5.74) is 3.77. The molecular formula is C28H26N2O5. The van der Waals surface area contributed by atoms with Gasteiger partial charge >= 0.3 is 12.1 Å². The maximum absolute atomic E-state index is 13.4. The maximum Gasteiger partial charge on any atom is 0.408 e. The van der Waals surface area contributed by atoms with Crippen LogP contribution in [0.15, 0.2) is 78.9 Å². The number of benzene rings is 3. The molecule has 3 aromatic rings. The van der Waals surface area contributed by atoms with E-state index in [1.807, 2.05) is 42.5 Å². The second kappa shape index (κ2) is 8.91. The van der Waals surface area contributed by atoms with Gasteiger partial charge in [-0.3, -0.25) is 4.79 Å². The van der Waals surface area contributed by atoms with E-state index in [0.717, 1.165) is 22.3 Å². The van der Waals surface area contributed by atoms with Gasteiger partial charge in [-0.2, -0.15) is 0 Å². The minimum Gasteiger partial charge on any atom is -0.479 e. The number of carbonyl (C=O) groups is 3. The van der Waals surface area contributed by atoms with Crippen molar-refractivity contribution in [2.24, 2.45) is 0 Å². The summed E-state index contributed by atoms with van der Waals surface area (Å²) < 4.78 is 5.63. The van der Waals surface area contributed by atoms with Crippen molar-refractivity contribution in [1.82, 2.24) is 10.2 Å². The van der Waals surface area contributed by atoms with Crippen molar-refractivity contribution in [1.29, 1.82) is 0 Å². The van der Waals surface area contributed by atoms with Crippen molar-refractivity contribution in [2.45, 2.75) is 30.3 Å². The molecule has 2 aliphatic carbocycles. The lowest BCUT2D eigenvalue weighted by Crippen LogP contribution is -2.50. The Morgan fingerprint density at radius 3 is 2.03 bits per heavy atom. The zero-order chi connectivity index (χ0) is 24.6. The largest absolute Gasteiger partial charge is 0.479 e. The summed E-state index contributed by atoms with van der Waals surface area (Å²) >= 11 is 0. The van der Waals surface area contributed by atoms with E-state index in [1.54, 1.807) is 24.3 Å². The van der Waals surface area contributed by atoms with E-state index in [1.165, 1.54) is 11.9 Å². The Hall–Kier alpha value is -4.13. The summed E-state index contributed by atoms with van der Waals surface area (Å²) in [6.07, 6.45) is 0.0382. The van der Waals surface area contributed by atoms with Crippen LogP contribution in [0.5, 0.6) is 0 Å². The predicted molar refractivity (Wildman–Crippen MR) is 130 cm³/mol. The first kappa shape index (κ1) is 22.7. The van der Waals surface area contributed by atoms with Crippen molar-refractivity contribution in [3.8, 4) is 11.1 Å².